The minimum absolute atomic E-state index is 0.00465. The van der Waals surface area contributed by atoms with E-state index in [0.717, 1.165) is 185 Å². The zero-order chi connectivity index (χ0) is 99.9. The molecule has 21 rings (SSSR count). The van der Waals surface area contributed by atoms with Crippen molar-refractivity contribution < 1.29 is 63.9 Å². The number of rotatable bonds is 0. The second kappa shape index (κ2) is 30.7. The first-order valence-electron chi connectivity index (χ1n) is 54.7. The Morgan fingerprint density at radius 1 is 0.346 bits per heavy atom. The Kier molecular flexibility index (Phi) is 22.8. The molecule has 20 aliphatic rings. The number of allylic oxidation sites excluding steroid dienone is 5. The lowest BCUT2D eigenvalue weighted by Crippen LogP contribution is -2.70. The maximum atomic E-state index is 14.3. The quantitative estimate of drug-likeness (QED) is 0.104. The summed E-state index contributed by atoms with van der Waals surface area (Å²) in [6, 6.07) is 4.51. The van der Waals surface area contributed by atoms with E-state index in [2.05, 4.69) is 183 Å². The number of nitrogens with zero attached hydrogens (tertiary/aromatic N) is 3. The second-order valence-electron chi connectivity index (χ2n) is 60.2. The van der Waals surface area contributed by atoms with Crippen molar-refractivity contribution in [2.24, 2.45) is 198 Å². The number of nitriles is 2. The SMILES string of the molecule is CC1(C)CC[C@]2(O)CC[C@]3(C)[C@H](C(=O)C[C@@H]4[C@@]5(C)C=C(C#N)C(=O)C(C)(C)[C@@H]5CC[C@]43C)[C@@H]2C1.CC1(C)CC[C@]2(O)CC[C@]3(C)[C@H](C(=O)C[C@@H]4[C@@]5(C)CC(=CO)C(=O)C(C)(C)[C@@H]5CC[C@]43C)[C@@H]2C1.CC1(C)CC[C@]2(O)CC[C@]3(C)[C@H](C(=O)C[C@@H]4[C@@]5(C)CC(C#N)=C(O)C(C)(C)[C@@H]5CC[C@]43C)[C@@H]2C1.CC1(C)CC[C@]2(O)CC[C@]3(C)[C@H](C(=O)C[C@@H]4[C@@]5(C)Cc6cnoc6C(C)(C)[C@@H]5CC[C@]43C)[C@@H]2C1. The number of aliphatic hydroxyl groups is 6. The predicted octanol–water partition coefficient (Wildman–Crippen LogP) is 25.7. The van der Waals surface area contributed by atoms with Crippen molar-refractivity contribution >= 4 is 34.7 Å². The van der Waals surface area contributed by atoms with Crippen LogP contribution < -0.4 is 0 Å². The number of carbonyl (C=O) groups is 6. The summed E-state index contributed by atoms with van der Waals surface area (Å²) in [5, 5.41) is 91.9. The van der Waals surface area contributed by atoms with E-state index in [1.807, 2.05) is 40.0 Å². The topological polar surface area (TPSA) is 297 Å². The Morgan fingerprint density at radius 2 is 0.647 bits per heavy atom. The van der Waals surface area contributed by atoms with Crippen LogP contribution in [-0.4, -0.2) is 92.9 Å². The fraction of sp³-hybridized carbons (Fsp3) is 0.858. The Bertz CT molecular complexity index is 5320. The molecule has 1 heterocycles. The predicted molar refractivity (Wildman–Crippen MR) is 529 cm³/mol. The first-order valence-corrected chi connectivity index (χ1v) is 54.7. The number of ketones is 6. The van der Waals surface area contributed by atoms with Crippen molar-refractivity contribution in [3.63, 3.8) is 0 Å². The lowest BCUT2D eigenvalue weighted by atomic mass is 9.32. The monoisotopic (exact) mass is 1870 g/mol. The fourth-order valence-corrected chi connectivity index (χ4v) is 42.5. The van der Waals surface area contributed by atoms with Gasteiger partial charge in [-0.05, 0) is 357 Å². The van der Waals surface area contributed by atoms with Gasteiger partial charge in [-0.25, -0.2) is 0 Å². The van der Waals surface area contributed by atoms with E-state index in [1.54, 1.807) is 0 Å². The number of fused-ring (bicyclic) bond motifs is 29. The molecule has 16 nitrogen and oxygen atoms in total. The lowest BCUT2D eigenvalue weighted by molar-refractivity contribution is -0.243. The van der Waals surface area contributed by atoms with E-state index in [9.17, 15) is 69.9 Å². The van der Waals surface area contributed by atoms with Crippen LogP contribution in [0.3, 0.4) is 0 Å². The number of hydrogen-bond donors (Lipinski definition) is 6. The van der Waals surface area contributed by atoms with Gasteiger partial charge in [0.05, 0.1) is 52.1 Å². The number of aromatic nitrogens is 1. The van der Waals surface area contributed by atoms with Crippen molar-refractivity contribution in [2.75, 3.05) is 0 Å². The Morgan fingerprint density at radius 3 is 0.993 bits per heavy atom. The van der Waals surface area contributed by atoms with E-state index in [4.69, 9.17) is 4.52 Å². The molecule has 0 bridgehead atoms. The van der Waals surface area contributed by atoms with Gasteiger partial charge in [-0.1, -0.05) is 205 Å². The molecule has 17 saturated carbocycles. The van der Waals surface area contributed by atoms with Crippen LogP contribution >= 0.6 is 0 Å². The summed E-state index contributed by atoms with van der Waals surface area (Å²) in [6.07, 6.45) is 35.7. The molecule has 136 heavy (non-hydrogen) atoms. The molecule has 20 aliphatic carbocycles. The molecule has 0 aromatic carbocycles. The summed E-state index contributed by atoms with van der Waals surface area (Å²) < 4.78 is 5.80. The first kappa shape index (κ1) is 101. The molecule has 0 amide bonds. The highest BCUT2D eigenvalue weighted by Crippen LogP contribution is 2.82. The van der Waals surface area contributed by atoms with Crippen LogP contribution in [0.2, 0.25) is 0 Å². The number of carbonyl (C=O) groups excluding carboxylic acids is 6. The van der Waals surface area contributed by atoms with Gasteiger partial charge in [0.2, 0.25) is 0 Å². The number of Topliss-reactive ketones (excluding diaryl/α,β-unsaturated/α-hetero) is 6. The molecule has 6 N–H and O–H groups in total. The molecular formula is C120H179N3O13. The lowest BCUT2D eigenvalue weighted by Gasteiger charge is -2.72. The van der Waals surface area contributed by atoms with E-state index in [0.29, 0.717) is 84.6 Å². The summed E-state index contributed by atoms with van der Waals surface area (Å²) in [4.78, 5) is 83.2. The molecular weight excluding hydrogens is 1690 g/mol. The van der Waals surface area contributed by atoms with E-state index in [-0.39, 0.29) is 198 Å². The maximum Gasteiger partial charge on any atom is 0.178 e. The second-order valence-corrected chi connectivity index (χ2v) is 60.2. The largest absolute Gasteiger partial charge is 0.515 e. The maximum absolute atomic E-state index is 14.3. The van der Waals surface area contributed by atoms with Crippen LogP contribution in [0.15, 0.2) is 45.5 Å². The molecule has 16 heteroatoms. The molecule has 752 valence electrons. The van der Waals surface area contributed by atoms with Crippen molar-refractivity contribution in [1.82, 2.24) is 5.16 Å². The highest BCUT2D eigenvalue weighted by Gasteiger charge is 2.79. The van der Waals surface area contributed by atoms with Gasteiger partial charge in [0.25, 0.3) is 0 Å². The molecule has 0 unspecified atom stereocenters. The van der Waals surface area contributed by atoms with Crippen LogP contribution in [0.5, 0.6) is 0 Å². The van der Waals surface area contributed by atoms with Gasteiger partial charge >= 0.3 is 0 Å². The molecule has 0 radical (unpaired) electrons. The standard InChI is InChI=1S/2C30H45NO3.C30H43NO3.C30H46O4/c1-25(2)10-12-30(33)13-11-29(7)23(19(30)16-25)20(32)14-22-27(5)15-18-17-31-34-24(18)26(3,4)21(27)8-9-28(22,29)6;3*1-25(2)10-12-30(34)13-11-29(7)23(19(30)16-25)20(32)14-22-27(5)15-18(17-31)24(33)26(3,4)21(27)8-9-28(22,29)6/h17,19,21-23,33H,8-16H2,1-7H3;19,21-23,33-34H,8-16H2,1-7H3;15,19,21-23,34H,8-14,16H2,1-7H3;17,19,21-23,31,34H,8-16H2,1-7H3/t4*19-,21-,22+,23-,27-,28+,29+,30-/m0000/s1. The number of hydrogen-bond acceptors (Lipinski definition) is 16. The smallest absolute Gasteiger partial charge is 0.178 e. The molecule has 1 aromatic rings. The normalized spacial score (nSPS) is 51.6. The molecule has 0 aliphatic heterocycles. The zero-order valence-electron chi connectivity index (χ0n) is 89.6. The molecule has 17 fully saturated rings. The zero-order valence-corrected chi connectivity index (χ0v) is 89.6. The highest BCUT2D eigenvalue weighted by molar-refractivity contribution is 6.04. The van der Waals surface area contributed by atoms with Gasteiger partial charge in [0.15, 0.2) is 11.6 Å². The van der Waals surface area contributed by atoms with Gasteiger partial charge in [0, 0.05) is 82.2 Å². The summed E-state index contributed by atoms with van der Waals surface area (Å²) in [5.41, 5.74) is -2.47. The summed E-state index contributed by atoms with van der Waals surface area (Å²) in [5.74, 6) is 4.66. The average molecular weight is 1870 g/mol. The van der Waals surface area contributed by atoms with Crippen LogP contribution in [0, 0.1) is 220 Å². The Labute approximate surface area is 817 Å². The molecule has 1 aromatic heterocycles. The van der Waals surface area contributed by atoms with Crippen LogP contribution in [-0.2, 0) is 40.6 Å². The minimum Gasteiger partial charge on any atom is -0.515 e. The third-order valence-electron chi connectivity index (χ3n) is 50.7. The van der Waals surface area contributed by atoms with Crippen molar-refractivity contribution in [3.05, 3.63) is 52.3 Å². The van der Waals surface area contributed by atoms with Gasteiger partial charge in [-0.2, -0.15) is 10.5 Å². The van der Waals surface area contributed by atoms with Gasteiger partial charge in [-0.15, -0.1) is 0 Å². The van der Waals surface area contributed by atoms with Crippen molar-refractivity contribution in [1.29, 1.82) is 10.5 Å². The summed E-state index contributed by atoms with van der Waals surface area (Å²) in [6.45, 7) is 64.1. The van der Waals surface area contributed by atoms with Gasteiger partial charge in [-0.3, -0.25) is 28.8 Å². The summed E-state index contributed by atoms with van der Waals surface area (Å²) >= 11 is 0. The van der Waals surface area contributed by atoms with Crippen LogP contribution in [0.4, 0.5) is 0 Å². The van der Waals surface area contributed by atoms with Crippen molar-refractivity contribution in [2.45, 2.75) is 446 Å². The van der Waals surface area contributed by atoms with E-state index >= 15 is 0 Å². The average Bonchev–Trinajstić information content (AvgIpc) is 0.871. The molecule has 0 spiro atoms. The summed E-state index contributed by atoms with van der Waals surface area (Å²) in [7, 11) is 0. The van der Waals surface area contributed by atoms with E-state index < -0.39 is 38.6 Å². The van der Waals surface area contributed by atoms with Gasteiger partial charge in [0.1, 0.15) is 40.7 Å². The Balaban J connectivity index is 0.000000121. The fourth-order valence-electron chi connectivity index (χ4n) is 42.5. The van der Waals surface area contributed by atoms with Crippen LogP contribution in [0.1, 0.15) is 423 Å². The number of aliphatic hydroxyl groups excluding tert-OH is 2. The first-order chi connectivity index (χ1) is 62.4. The Hall–Kier alpha value is -5.13. The third-order valence-corrected chi connectivity index (χ3v) is 50.7. The minimum atomic E-state index is -0.715. The van der Waals surface area contributed by atoms with E-state index in [1.165, 1.54) is 18.4 Å². The van der Waals surface area contributed by atoms with Crippen LogP contribution in [0.25, 0.3) is 0 Å². The highest BCUT2D eigenvalue weighted by atomic mass is 16.5. The van der Waals surface area contributed by atoms with Crippen molar-refractivity contribution in [3.8, 4) is 12.1 Å². The molecule has 0 saturated heterocycles. The molecule has 32 atom stereocenters. The third kappa shape index (κ3) is 13.5. The van der Waals surface area contributed by atoms with Gasteiger partial charge < -0.3 is 35.2 Å².